The maximum absolute atomic E-state index is 13.3. The van der Waals surface area contributed by atoms with E-state index in [1.807, 2.05) is 54.6 Å². The van der Waals surface area contributed by atoms with E-state index in [9.17, 15) is 4.79 Å². The van der Waals surface area contributed by atoms with Gasteiger partial charge in [0.25, 0.3) is 0 Å². The molecule has 0 bridgehead atoms. The number of ether oxygens (including phenoxy) is 2. The van der Waals surface area contributed by atoms with Gasteiger partial charge in [-0.2, -0.15) is 0 Å². The van der Waals surface area contributed by atoms with Gasteiger partial charge in [-0.15, -0.1) is 0 Å². The largest absolute Gasteiger partial charge is 0.497 e. The Morgan fingerprint density at radius 1 is 1.00 bits per heavy atom. The Kier molecular flexibility index (Phi) is 5.90. The number of aromatic nitrogens is 2. The lowest BCUT2D eigenvalue weighted by molar-refractivity contribution is -0.118. The first kappa shape index (κ1) is 19.8. The van der Waals surface area contributed by atoms with Crippen molar-refractivity contribution in [3.8, 4) is 11.5 Å². The van der Waals surface area contributed by atoms with E-state index in [0.717, 1.165) is 27.1 Å². The molecule has 7 heteroatoms. The summed E-state index contributed by atoms with van der Waals surface area (Å²) in [5.41, 5.74) is 2.61. The van der Waals surface area contributed by atoms with E-state index < -0.39 is 0 Å². The first-order valence-electron chi connectivity index (χ1n) is 9.43. The summed E-state index contributed by atoms with van der Waals surface area (Å²) in [5, 5.41) is 0.636. The van der Waals surface area contributed by atoms with Gasteiger partial charge in [-0.1, -0.05) is 35.6 Å². The monoisotopic (exact) mass is 419 g/mol. The molecule has 0 aliphatic heterocycles. The average molecular weight is 420 g/mol. The van der Waals surface area contributed by atoms with E-state index in [4.69, 9.17) is 14.5 Å². The highest BCUT2D eigenvalue weighted by atomic mass is 32.1. The lowest BCUT2D eigenvalue weighted by Gasteiger charge is -2.20. The lowest BCUT2D eigenvalue weighted by atomic mass is 10.1. The number of nitrogens with zero attached hydrogens (tertiary/aromatic N) is 3. The number of benzene rings is 2. The molecule has 1 amide bonds. The highest BCUT2D eigenvalue weighted by molar-refractivity contribution is 7.22. The molecule has 0 atom stereocenters. The van der Waals surface area contributed by atoms with Crippen LogP contribution in [0.1, 0.15) is 11.1 Å². The van der Waals surface area contributed by atoms with E-state index in [1.165, 1.54) is 11.3 Å². The van der Waals surface area contributed by atoms with Gasteiger partial charge in [0.1, 0.15) is 17.0 Å². The number of hydrogen-bond acceptors (Lipinski definition) is 6. The molecular weight excluding hydrogens is 398 g/mol. The van der Waals surface area contributed by atoms with Crippen LogP contribution in [0.4, 0.5) is 5.13 Å². The first-order chi connectivity index (χ1) is 14.7. The summed E-state index contributed by atoms with van der Waals surface area (Å²) in [4.78, 5) is 23.9. The van der Waals surface area contributed by atoms with Crippen LogP contribution in [0.3, 0.4) is 0 Å². The normalized spacial score (nSPS) is 10.7. The number of para-hydroxylation sites is 1. The van der Waals surface area contributed by atoms with Gasteiger partial charge >= 0.3 is 0 Å². The molecule has 2 heterocycles. The highest BCUT2D eigenvalue weighted by Crippen LogP contribution is 2.35. The molecule has 4 aromatic rings. The Morgan fingerprint density at radius 2 is 1.83 bits per heavy atom. The molecule has 6 nitrogen and oxygen atoms in total. The van der Waals surface area contributed by atoms with Crippen molar-refractivity contribution in [3.63, 3.8) is 0 Å². The molecule has 0 fully saturated rings. The predicted octanol–water partition coefficient (Wildman–Crippen LogP) is 4.48. The van der Waals surface area contributed by atoms with Gasteiger partial charge in [0.2, 0.25) is 5.91 Å². The zero-order valence-electron chi connectivity index (χ0n) is 16.7. The third-order valence-electron chi connectivity index (χ3n) is 4.70. The number of fused-ring (bicyclic) bond motifs is 1. The maximum atomic E-state index is 13.3. The molecule has 0 N–H and O–H groups in total. The predicted molar refractivity (Wildman–Crippen MR) is 118 cm³/mol. The average Bonchev–Trinajstić information content (AvgIpc) is 3.22. The molecule has 0 saturated heterocycles. The summed E-state index contributed by atoms with van der Waals surface area (Å²) in [6.07, 6.45) is 3.74. The minimum absolute atomic E-state index is 0.0398. The van der Waals surface area contributed by atoms with Gasteiger partial charge in [-0.05, 0) is 41.5 Å². The van der Waals surface area contributed by atoms with Crippen molar-refractivity contribution in [1.29, 1.82) is 0 Å². The highest BCUT2D eigenvalue weighted by Gasteiger charge is 2.21. The molecule has 2 aromatic carbocycles. The van der Waals surface area contributed by atoms with Crippen LogP contribution in [0, 0.1) is 0 Å². The molecule has 30 heavy (non-hydrogen) atoms. The Hall–Kier alpha value is -3.45. The van der Waals surface area contributed by atoms with E-state index >= 15 is 0 Å². The van der Waals surface area contributed by atoms with Gasteiger partial charge in [0.05, 0.1) is 31.9 Å². The van der Waals surface area contributed by atoms with Crippen molar-refractivity contribution in [2.24, 2.45) is 0 Å². The van der Waals surface area contributed by atoms with Crippen molar-refractivity contribution in [1.82, 2.24) is 9.97 Å². The van der Waals surface area contributed by atoms with E-state index in [0.29, 0.717) is 17.4 Å². The van der Waals surface area contributed by atoms with Crippen molar-refractivity contribution < 1.29 is 14.3 Å². The number of pyridine rings is 1. The zero-order valence-corrected chi connectivity index (χ0v) is 17.6. The third kappa shape index (κ3) is 4.26. The molecular formula is C23H21N3O3S. The van der Waals surface area contributed by atoms with Gasteiger partial charge in [-0.25, -0.2) is 4.98 Å². The second kappa shape index (κ2) is 8.92. The second-order valence-corrected chi connectivity index (χ2v) is 7.68. The number of hydrogen-bond donors (Lipinski definition) is 0. The summed E-state index contributed by atoms with van der Waals surface area (Å²) in [7, 11) is 3.24. The number of carbonyl (C=O) groups excluding carboxylic acids is 1. The SMILES string of the molecule is COc1ccc(CC(=O)N(Cc2cccnc2)c2nc3c(OC)cccc3s2)cc1. The molecule has 0 saturated carbocycles. The third-order valence-corrected chi connectivity index (χ3v) is 5.74. The standard InChI is InChI=1S/C23H21N3O3S/c1-28-18-10-8-16(9-11-18)13-21(27)26(15-17-5-4-12-24-14-17)23-25-22-19(29-2)6-3-7-20(22)30-23/h3-12,14H,13,15H2,1-2H3. The van der Waals surface area contributed by atoms with Gasteiger partial charge < -0.3 is 9.47 Å². The molecule has 0 aliphatic rings. The summed E-state index contributed by atoms with van der Waals surface area (Å²) in [5.74, 6) is 1.41. The number of methoxy groups -OCH3 is 2. The molecule has 0 unspecified atom stereocenters. The Balaban J connectivity index is 1.67. The van der Waals surface area contributed by atoms with Crippen LogP contribution in [-0.4, -0.2) is 30.1 Å². The summed E-state index contributed by atoms with van der Waals surface area (Å²) in [6, 6.07) is 17.1. The fourth-order valence-corrected chi connectivity index (χ4v) is 4.14. The van der Waals surface area contributed by atoms with Gasteiger partial charge in [0.15, 0.2) is 5.13 Å². The Labute approximate surface area is 178 Å². The maximum Gasteiger partial charge on any atom is 0.233 e. The van der Waals surface area contributed by atoms with E-state index in [2.05, 4.69) is 4.98 Å². The molecule has 4 rings (SSSR count). The molecule has 0 spiro atoms. The van der Waals surface area contributed by atoms with Crippen LogP contribution in [0.15, 0.2) is 67.0 Å². The first-order valence-corrected chi connectivity index (χ1v) is 10.3. The van der Waals surface area contributed by atoms with Crippen molar-refractivity contribution in [2.45, 2.75) is 13.0 Å². The summed E-state index contributed by atoms with van der Waals surface area (Å²) >= 11 is 1.47. The topological polar surface area (TPSA) is 64.5 Å². The lowest BCUT2D eigenvalue weighted by Crippen LogP contribution is -2.31. The van der Waals surface area contributed by atoms with Crippen LogP contribution >= 0.6 is 11.3 Å². The van der Waals surface area contributed by atoms with E-state index in [-0.39, 0.29) is 12.3 Å². The minimum atomic E-state index is -0.0398. The second-order valence-electron chi connectivity index (χ2n) is 6.67. The van der Waals surface area contributed by atoms with E-state index in [1.54, 1.807) is 31.5 Å². The number of thiazole rings is 1. The van der Waals surface area contributed by atoms with Crippen LogP contribution in [0.2, 0.25) is 0 Å². The summed E-state index contributed by atoms with van der Waals surface area (Å²) < 4.78 is 11.6. The summed E-state index contributed by atoms with van der Waals surface area (Å²) in [6.45, 7) is 0.394. The Bertz CT molecular complexity index is 1140. The van der Waals surface area contributed by atoms with Crippen molar-refractivity contribution in [2.75, 3.05) is 19.1 Å². The number of amides is 1. The Morgan fingerprint density at radius 3 is 2.53 bits per heavy atom. The van der Waals surface area contributed by atoms with Crippen LogP contribution in [0.25, 0.3) is 10.2 Å². The zero-order chi connectivity index (χ0) is 20.9. The minimum Gasteiger partial charge on any atom is -0.497 e. The van der Waals surface area contributed by atoms with Gasteiger partial charge in [-0.3, -0.25) is 14.7 Å². The fourth-order valence-electron chi connectivity index (χ4n) is 3.14. The number of anilines is 1. The van der Waals surface area contributed by atoms with Crippen LogP contribution < -0.4 is 14.4 Å². The molecule has 0 aliphatic carbocycles. The van der Waals surface area contributed by atoms with Crippen molar-refractivity contribution in [3.05, 3.63) is 78.1 Å². The molecule has 0 radical (unpaired) electrons. The van der Waals surface area contributed by atoms with Crippen LogP contribution in [-0.2, 0) is 17.8 Å². The van der Waals surface area contributed by atoms with Crippen LogP contribution in [0.5, 0.6) is 11.5 Å². The smallest absolute Gasteiger partial charge is 0.233 e. The van der Waals surface area contributed by atoms with Crippen molar-refractivity contribution >= 4 is 32.6 Å². The quantitative estimate of drug-likeness (QED) is 0.442. The molecule has 152 valence electrons. The number of rotatable bonds is 7. The van der Waals surface area contributed by atoms with Gasteiger partial charge in [0, 0.05) is 12.4 Å². The molecule has 2 aromatic heterocycles. The fraction of sp³-hybridized carbons (Fsp3) is 0.174. The number of carbonyl (C=O) groups is 1.